The zero-order chi connectivity index (χ0) is 17.5. The number of methoxy groups -OCH3 is 1. The molecular formula is C21H18N2O2. The molecule has 25 heavy (non-hydrogen) atoms. The van der Waals surface area contributed by atoms with Gasteiger partial charge >= 0.3 is 0 Å². The van der Waals surface area contributed by atoms with Gasteiger partial charge in [0.2, 0.25) is 11.9 Å². The van der Waals surface area contributed by atoms with Gasteiger partial charge in [-0.25, -0.2) is 4.99 Å². The number of para-hydroxylation sites is 1. The number of benzene rings is 3. The fourth-order valence-electron chi connectivity index (χ4n) is 2.33. The summed E-state index contributed by atoms with van der Waals surface area (Å²) >= 11 is 0. The first-order chi connectivity index (χ1) is 12.3. The summed E-state index contributed by atoms with van der Waals surface area (Å²) in [5.74, 6) is 0.763. The molecule has 0 N–H and O–H groups in total. The van der Waals surface area contributed by atoms with Crippen molar-refractivity contribution < 1.29 is 9.48 Å². The maximum atomic E-state index is 12.5. The van der Waals surface area contributed by atoms with E-state index in [4.69, 9.17) is 4.74 Å². The molecule has 0 aliphatic carbocycles. The summed E-state index contributed by atoms with van der Waals surface area (Å²) in [7, 11) is 1.62. The van der Waals surface area contributed by atoms with Crippen LogP contribution in [0.1, 0.15) is 5.56 Å². The number of aliphatic imine (C=N–C) groups is 1. The summed E-state index contributed by atoms with van der Waals surface area (Å²) < 4.78 is 6.00. The van der Waals surface area contributed by atoms with Gasteiger partial charge in [0.1, 0.15) is 11.5 Å². The Bertz CT molecular complexity index is 871. The molecule has 3 rings (SSSR count). The maximum absolute atomic E-state index is 12.5. The lowest BCUT2D eigenvalue weighted by Crippen LogP contribution is -2.10. The molecule has 124 valence electrons. The van der Waals surface area contributed by atoms with Crippen molar-refractivity contribution >= 4 is 23.3 Å². The van der Waals surface area contributed by atoms with Gasteiger partial charge in [-0.05, 0) is 24.3 Å². The van der Waals surface area contributed by atoms with Gasteiger partial charge in [-0.1, -0.05) is 48.5 Å². The first-order valence-electron chi connectivity index (χ1n) is 7.91. The average molecular weight is 330 g/mol. The molecule has 0 radical (unpaired) electrons. The van der Waals surface area contributed by atoms with Crippen LogP contribution in [0.4, 0.5) is 11.4 Å². The molecule has 0 amide bonds. The van der Waals surface area contributed by atoms with Gasteiger partial charge in [0.25, 0.3) is 0 Å². The molecule has 4 nitrogen and oxygen atoms in total. The minimum Gasteiger partial charge on any atom is -0.618 e. The average Bonchev–Trinajstić information content (AvgIpc) is 2.69. The van der Waals surface area contributed by atoms with E-state index < -0.39 is 0 Å². The maximum Gasteiger partial charge on any atom is 0.216 e. The monoisotopic (exact) mass is 330 g/mol. The SMILES string of the molecule is COc1ccc(N=C(/C=[N+](\[O-])c2ccccc2)c2ccccc2)cc1. The Morgan fingerprint density at radius 2 is 1.48 bits per heavy atom. The van der Waals surface area contributed by atoms with Crippen molar-refractivity contribution in [1.29, 1.82) is 0 Å². The number of hydrogen-bond acceptors (Lipinski definition) is 3. The third kappa shape index (κ3) is 4.32. The van der Waals surface area contributed by atoms with E-state index in [-0.39, 0.29) is 0 Å². The minimum atomic E-state index is 0.556. The highest BCUT2D eigenvalue weighted by Crippen LogP contribution is 2.19. The van der Waals surface area contributed by atoms with E-state index in [1.165, 1.54) is 6.21 Å². The smallest absolute Gasteiger partial charge is 0.216 e. The van der Waals surface area contributed by atoms with E-state index in [0.29, 0.717) is 11.4 Å². The van der Waals surface area contributed by atoms with Gasteiger partial charge in [0.05, 0.1) is 12.8 Å². The molecule has 0 saturated carbocycles. The first kappa shape index (κ1) is 16.5. The van der Waals surface area contributed by atoms with Crippen LogP contribution in [-0.2, 0) is 0 Å². The molecule has 0 saturated heterocycles. The van der Waals surface area contributed by atoms with Crippen molar-refractivity contribution in [3.8, 4) is 5.75 Å². The highest BCUT2D eigenvalue weighted by molar-refractivity contribution is 6.37. The Kier molecular flexibility index (Phi) is 5.22. The summed E-state index contributed by atoms with van der Waals surface area (Å²) in [4.78, 5) is 4.63. The van der Waals surface area contributed by atoms with E-state index in [1.54, 1.807) is 19.2 Å². The molecule has 0 bridgehead atoms. The summed E-state index contributed by atoms with van der Waals surface area (Å²) in [6, 6.07) is 26.1. The fourth-order valence-corrected chi connectivity index (χ4v) is 2.33. The number of ether oxygens (including phenoxy) is 1. The zero-order valence-corrected chi connectivity index (χ0v) is 13.9. The predicted molar refractivity (Wildman–Crippen MR) is 101 cm³/mol. The van der Waals surface area contributed by atoms with Crippen molar-refractivity contribution in [2.24, 2.45) is 4.99 Å². The van der Waals surface area contributed by atoms with Crippen LogP contribution in [0.5, 0.6) is 5.75 Å². The molecule has 0 atom stereocenters. The van der Waals surface area contributed by atoms with Crippen LogP contribution in [0.2, 0.25) is 0 Å². The van der Waals surface area contributed by atoms with Crippen LogP contribution < -0.4 is 4.74 Å². The molecule has 4 heteroatoms. The van der Waals surface area contributed by atoms with Crippen molar-refractivity contribution in [2.75, 3.05) is 7.11 Å². The molecule has 3 aromatic rings. The Labute approximate surface area is 147 Å². The molecule has 3 aromatic carbocycles. The topological polar surface area (TPSA) is 47.7 Å². The van der Waals surface area contributed by atoms with Crippen LogP contribution in [0, 0.1) is 5.21 Å². The Morgan fingerprint density at radius 3 is 2.08 bits per heavy atom. The summed E-state index contributed by atoms with van der Waals surface area (Å²) in [6.07, 6.45) is 1.49. The van der Waals surface area contributed by atoms with Crippen LogP contribution >= 0.6 is 0 Å². The molecule has 0 aromatic heterocycles. The lowest BCUT2D eigenvalue weighted by atomic mass is 10.1. The summed E-state index contributed by atoms with van der Waals surface area (Å²) in [6.45, 7) is 0. The second-order valence-electron chi connectivity index (χ2n) is 5.35. The second-order valence-corrected chi connectivity index (χ2v) is 5.35. The molecule has 0 heterocycles. The van der Waals surface area contributed by atoms with Crippen LogP contribution in [0.3, 0.4) is 0 Å². The predicted octanol–water partition coefficient (Wildman–Crippen LogP) is 4.73. The van der Waals surface area contributed by atoms with Crippen molar-refractivity contribution in [1.82, 2.24) is 0 Å². The molecule has 0 aliphatic heterocycles. The molecule has 0 spiro atoms. The summed E-state index contributed by atoms with van der Waals surface area (Å²) in [5, 5.41) is 12.5. The standard InChI is InChI=1S/C21H18N2O2/c1-25-20-14-12-18(13-15-20)22-21(17-8-4-2-5-9-17)16-23(24)19-10-6-3-7-11-19/h2-16H,1H3/b22-21?,23-16-. The van der Waals surface area contributed by atoms with Gasteiger partial charge in [-0.2, -0.15) is 4.74 Å². The number of nitrogens with zero attached hydrogens (tertiary/aromatic N) is 2. The number of rotatable bonds is 5. The largest absolute Gasteiger partial charge is 0.618 e. The Hall–Kier alpha value is -3.40. The van der Waals surface area contributed by atoms with Crippen molar-refractivity contribution in [3.63, 3.8) is 0 Å². The normalized spacial score (nSPS) is 12.0. The molecule has 0 unspecified atom stereocenters. The van der Waals surface area contributed by atoms with Crippen LogP contribution in [0.15, 0.2) is 89.9 Å². The lowest BCUT2D eigenvalue weighted by molar-refractivity contribution is -0.353. The van der Waals surface area contributed by atoms with E-state index in [9.17, 15) is 5.21 Å². The number of hydrogen-bond donors (Lipinski definition) is 0. The minimum absolute atomic E-state index is 0.556. The lowest BCUT2D eigenvalue weighted by Gasteiger charge is -2.06. The van der Waals surface area contributed by atoms with E-state index >= 15 is 0 Å². The quantitative estimate of drug-likeness (QED) is 0.294. The van der Waals surface area contributed by atoms with E-state index in [1.807, 2.05) is 72.8 Å². The van der Waals surface area contributed by atoms with E-state index in [0.717, 1.165) is 21.7 Å². The highest BCUT2D eigenvalue weighted by Gasteiger charge is 2.08. The van der Waals surface area contributed by atoms with Gasteiger partial charge in [0, 0.05) is 17.7 Å². The fraction of sp³-hybridized carbons (Fsp3) is 0.0476. The third-order valence-corrected chi connectivity index (χ3v) is 3.64. The summed E-state index contributed by atoms with van der Waals surface area (Å²) in [5.41, 5.74) is 2.76. The van der Waals surface area contributed by atoms with Gasteiger partial charge < -0.3 is 9.94 Å². The molecule has 0 aliphatic rings. The van der Waals surface area contributed by atoms with Crippen molar-refractivity contribution in [2.45, 2.75) is 0 Å². The van der Waals surface area contributed by atoms with E-state index in [2.05, 4.69) is 4.99 Å². The van der Waals surface area contributed by atoms with Crippen molar-refractivity contribution in [3.05, 3.63) is 95.7 Å². The Balaban J connectivity index is 2.02. The van der Waals surface area contributed by atoms with Gasteiger partial charge in [-0.15, -0.1) is 0 Å². The third-order valence-electron chi connectivity index (χ3n) is 3.64. The second kappa shape index (κ2) is 7.93. The molecule has 0 fully saturated rings. The van der Waals surface area contributed by atoms with Gasteiger partial charge in [0.15, 0.2) is 0 Å². The Morgan fingerprint density at radius 1 is 0.880 bits per heavy atom. The zero-order valence-electron chi connectivity index (χ0n) is 13.9. The van der Waals surface area contributed by atoms with Crippen LogP contribution in [0.25, 0.3) is 0 Å². The molecular weight excluding hydrogens is 312 g/mol. The van der Waals surface area contributed by atoms with Gasteiger partial charge in [-0.3, -0.25) is 0 Å². The van der Waals surface area contributed by atoms with Crippen LogP contribution in [-0.4, -0.2) is 23.8 Å². The highest BCUT2D eigenvalue weighted by atomic mass is 16.5. The first-order valence-corrected chi connectivity index (χ1v) is 7.91.